The molecule has 0 aliphatic heterocycles. The minimum Gasteiger partial charge on any atom is -0.497 e. The van der Waals surface area contributed by atoms with Gasteiger partial charge in [0.15, 0.2) is 0 Å². The van der Waals surface area contributed by atoms with Crippen LogP contribution in [0.1, 0.15) is 18.1 Å². The number of hydrogen-bond donors (Lipinski definition) is 1. The molecule has 0 aromatic heterocycles. The maximum absolute atomic E-state index is 12.8. The standard InChI is InChI=1S/C21H29N3O4S/c1-15-10-11-19(29(26,27)23(3)4)13-20(15)22-21(25)16(2)24(5)14-17-8-7-9-18(12-17)28-6/h7-13,16H,14H2,1-6H3,(H,22,25). The monoisotopic (exact) mass is 419 g/mol. The van der Waals surface area contributed by atoms with Crippen LogP contribution in [0.4, 0.5) is 5.69 Å². The maximum atomic E-state index is 12.8. The average Bonchev–Trinajstić information content (AvgIpc) is 2.68. The zero-order chi connectivity index (χ0) is 21.8. The maximum Gasteiger partial charge on any atom is 0.242 e. The number of likely N-dealkylation sites (N-methyl/N-ethyl adjacent to an activating group) is 1. The molecule has 0 saturated carbocycles. The van der Waals surface area contributed by atoms with Gasteiger partial charge in [-0.25, -0.2) is 12.7 Å². The highest BCUT2D eigenvalue weighted by Gasteiger charge is 2.22. The molecular weight excluding hydrogens is 390 g/mol. The number of rotatable bonds is 8. The van der Waals surface area contributed by atoms with Crippen molar-refractivity contribution in [3.63, 3.8) is 0 Å². The quantitative estimate of drug-likeness (QED) is 0.712. The Balaban J connectivity index is 2.14. The number of amides is 1. The third-order valence-corrected chi connectivity index (χ3v) is 6.66. The van der Waals surface area contributed by atoms with Gasteiger partial charge in [-0.2, -0.15) is 0 Å². The van der Waals surface area contributed by atoms with E-state index in [1.807, 2.05) is 50.1 Å². The number of carbonyl (C=O) groups is 1. The van der Waals surface area contributed by atoms with Crippen LogP contribution in [0.25, 0.3) is 0 Å². The van der Waals surface area contributed by atoms with E-state index in [4.69, 9.17) is 4.74 Å². The molecule has 1 atom stereocenters. The van der Waals surface area contributed by atoms with E-state index >= 15 is 0 Å². The molecule has 0 bridgehead atoms. The molecule has 0 fully saturated rings. The number of sulfonamides is 1. The molecule has 0 aliphatic carbocycles. The zero-order valence-electron chi connectivity index (χ0n) is 17.8. The highest BCUT2D eigenvalue weighted by atomic mass is 32.2. The number of ether oxygens (including phenoxy) is 1. The normalized spacial score (nSPS) is 12.8. The van der Waals surface area contributed by atoms with E-state index in [1.54, 1.807) is 19.2 Å². The van der Waals surface area contributed by atoms with E-state index in [0.29, 0.717) is 12.2 Å². The van der Waals surface area contributed by atoms with Gasteiger partial charge in [-0.3, -0.25) is 9.69 Å². The number of anilines is 1. The number of benzene rings is 2. The number of nitrogens with zero attached hydrogens (tertiary/aromatic N) is 2. The van der Waals surface area contributed by atoms with Gasteiger partial charge in [-0.15, -0.1) is 0 Å². The smallest absolute Gasteiger partial charge is 0.242 e. The lowest BCUT2D eigenvalue weighted by Gasteiger charge is -2.24. The van der Waals surface area contributed by atoms with Crippen LogP contribution in [0.3, 0.4) is 0 Å². The predicted molar refractivity (Wildman–Crippen MR) is 115 cm³/mol. The second-order valence-electron chi connectivity index (χ2n) is 7.20. The van der Waals surface area contributed by atoms with Gasteiger partial charge in [0, 0.05) is 26.3 Å². The first-order chi connectivity index (χ1) is 13.6. The van der Waals surface area contributed by atoms with Crippen LogP contribution in [0.15, 0.2) is 47.4 Å². The van der Waals surface area contributed by atoms with Crippen molar-refractivity contribution in [2.75, 3.05) is 33.6 Å². The highest BCUT2D eigenvalue weighted by Crippen LogP contribution is 2.22. The van der Waals surface area contributed by atoms with Gasteiger partial charge >= 0.3 is 0 Å². The van der Waals surface area contributed by atoms with Crippen LogP contribution in [-0.2, 0) is 21.4 Å². The van der Waals surface area contributed by atoms with Crippen molar-refractivity contribution < 1.29 is 17.9 Å². The Morgan fingerprint density at radius 1 is 1.14 bits per heavy atom. The Morgan fingerprint density at radius 2 is 1.83 bits per heavy atom. The van der Waals surface area contributed by atoms with Crippen molar-refractivity contribution in [2.24, 2.45) is 0 Å². The number of methoxy groups -OCH3 is 1. The molecular formula is C21H29N3O4S. The number of nitrogens with one attached hydrogen (secondary N) is 1. The summed E-state index contributed by atoms with van der Waals surface area (Å²) >= 11 is 0. The van der Waals surface area contributed by atoms with Gasteiger partial charge in [0.2, 0.25) is 15.9 Å². The van der Waals surface area contributed by atoms with Crippen molar-refractivity contribution >= 4 is 21.6 Å². The van der Waals surface area contributed by atoms with Gasteiger partial charge in [0.1, 0.15) is 5.75 Å². The molecule has 2 aromatic carbocycles. The number of carbonyl (C=O) groups excluding carboxylic acids is 1. The van der Waals surface area contributed by atoms with Crippen LogP contribution in [0.5, 0.6) is 5.75 Å². The molecule has 2 aromatic rings. The summed E-state index contributed by atoms with van der Waals surface area (Å²) in [4.78, 5) is 14.8. The van der Waals surface area contributed by atoms with E-state index in [1.165, 1.54) is 20.2 Å². The van der Waals surface area contributed by atoms with Crippen LogP contribution >= 0.6 is 0 Å². The first-order valence-corrected chi connectivity index (χ1v) is 10.7. The second kappa shape index (κ2) is 9.39. The molecule has 1 amide bonds. The summed E-state index contributed by atoms with van der Waals surface area (Å²) in [5.74, 6) is 0.556. The summed E-state index contributed by atoms with van der Waals surface area (Å²) in [5.41, 5.74) is 2.31. The fourth-order valence-corrected chi connectivity index (χ4v) is 3.67. The van der Waals surface area contributed by atoms with E-state index in [9.17, 15) is 13.2 Å². The van der Waals surface area contributed by atoms with Gasteiger partial charge < -0.3 is 10.1 Å². The average molecular weight is 420 g/mol. The molecule has 0 spiro atoms. The topological polar surface area (TPSA) is 79.0 Å². The minimum absolute atomic E-state index is 0.140. The van der Waals surface area contributed by atoms with Crippen molar-refractivity contribution in [2.45, 2.75) is 31.3 Å². The van der Waals surface area contributed by atoms with Crippen molar-refractivity contribution in [1.29, 1.82) is 0 Å². The Bertz CT molecular complexity index is 974. The SMILES string of the molecule is COc1cccc(CN(C)C(C)C(=O)Nc2cc(S(=O)(=O)N(C)C)ccc2C)c1. The fourth-order valence-electron chi connectivity index (χ4n) is 2.74. The Hall–Kier alpha value is -2.42. The van der Waals surface area contributed by atoms with Crippen LogP contribution in [0.2, 0.25) is 0 Å². The first-order valence-electron chi connectivity index (χ1n) is 9.23. The second-order valence-corrected chi connectivity index (χ2v) is 9.35. The lowest BCUT2D eigenvalue weighted by atomic mass is 10.1. The largest absolute Gasteiger partial charge is 0.497 e. The van der Waals surface area contributed by atoms with E-state index in [2.05, 4.69) is 5.32 Å². The van der Waals surface area contributed by atoms with Gasteiger partial charge in [-0.05, 0) is 56.3 Å². The molecule has 0 saturated heterocycles. The summed E-state index contributed by atoms with van der Waals surface area (Å²) in [6, 6.07) is 12.0. The molecule has 29 heavy (non-hydrogen) atoms. The third kappa shape index (κ3) is 5.56. The molecule has 0 radical (unpaired) electrons. The third-order valence-electron chi connectivity index (χ3n) is 4.85. The van der Waals surface area contributed by atoms with Gasteiger partial charge in [-0.1, -0.05) is 18.2 Å². The molecule has 8 heteroatoms. The van der Waals surface area contributed by atoms with E-state index < -0.39 is 16.1 Å². The molecule has 0 aliphatic rings. The fraction of sp³-hybridized carbons (Fsp3) is 0.381. The zero-order valence-corrected chi connectivity index (χ0v) is 18.6. The van der Waals surface area contributed by atoms with Crippen molar-refractivity contribution in [3.8, 4) is 5.75 Å². The van der Waals surface area contributed by atoms with Crippen LogP contribution in [-0.4, -0.2) is 57.8 Å². The summed E-state index contributed by atoms with van der Waals surface area (Å²) in [6.07, 6.45) is 0. The lowest BCUT2D eigenvalue weighted by Crippen LogP contribution is -2.39. The number of hydrogen-bond acceptors (Lipinski definition) is 5. The van der Waals surface area contributed by atoms with Gasteiger partial charge in [0.25, 0.3) is 0 Å². The van der Waals surface area contributed by atoms with Crippen molar-refractivity contribution in [1.82, 2.24) is 9.21 Å². The summed E-state index contributed by atoms with van der Waals surface area (Å²) in [6.45, 7) is 4.21. The molecule has 7 nitrogen and oxygen atoms in total. The summed E-state index contributed by atoms with van der Waals surface area (Å²) < 4.78 is 31.1. The first kappa shape index (κ1) is 22.9. The number of aryl methyl sites for hydroxylation is 1. The summed E-state index contributed by atoms with van der Waals surface area (Å²) in [5, 5.41) is 2.86. The molecule has 1 unspecified atom stereocenters. The summed E-state index contributed by atoms with van der Waals surface area (Å²) in [7, 11) is 2.86. The predicted octanol–water partition coefficient (Wildman–Crippen LogP) is 2.71. The molecule has 2 rings (SSSR count). The molecule has 0 heterocycles. The Labute approximate surface area is 173 Å². The van der Waals surface area contributed by atoms with E-state index in [0.717, 1.165) is 21.2 Å². The molecule has 158 valence electrons. The molecule has 1 N–H and O–H groups in total. The van der Waals surface area contributed by atoms with E-state index in [-0.39, 0.29) is 10.8 Å². The Morgan fingerprint density at radius 3 is 2.45 bits per heavy atom. The van der Waals surface area contributed by atoms with Crippen LogP contribution < -0.4 is 10.1 Å². The highest BCUT2D eigenvalue weighted by molar-refractivity contribution is 7.89. The van der Waals surface area contributed by atoms with Crippen molar-refractivity contribution in [3.05, 3.63) is 53.6 Å². The lowest BCUT2D eigenvalue weighted by molar-refractivity contribution is -0.120. The minimum atomic E-state index is -3.58. The van der Waals surface area contributed by atoms with Crippen LogP contribution in [0, 0.1) is 6.92 Å². The Kier molecular flexibility index (Phi) is 7.40. The van der Waals surface area contributed by atoms with Gasteiger partial charge in [0.05, 0.1) is 18.0 Å².